The fraction of sp³-hybridized carbons (Fsp3) is 0.588. The summed E-state index contributed by atoms with van der Waals surface area (Å²) in [6.07, 6.45) is 2.81. The first-order chi connectivity index (χ1) is 11.0. The molecule has 2 heterocycles. The molecule has 2 saturated heterocycles. The SMILES string of the molecule is NC(=O)[C@H]1CCO[C@@H]1C1CCN(Cc2cc(Cl)ccc2Cl)CC1. The molecule has 126 valence electrons. The van der Waals surface area contributed by atoms with Crippen molar-refractivity contribution in [2.24, 2.45) is 17.6 Å². The van der Waals surface area contributed by atoms with Gasteiger partial charge in [-0.05, 0) is 62.0 Å². The lowest BCUT2D eigenvalue weighted by atomic mass is 9.84. The molecule has 4 nitrogen and oxygen atoms in total. The van der Waals surface area contributed by atoms with Crippen LogP contribution in [0, 0.1) is 11.8 Å². The van der Waals surface area contributed by atoms with Gasteiger partial charge in [0.1, 0.15) is 0 Å². The highest BCUT2D eigenvalue weighted by Gasteiger charge is 2.39. The number of piperidine rings is 1. The molecular weight excluding hydrogens is 335 g/mol. The Bertz CT molecular complexity index is 574. The van der Waals surface area contributed by atoms with Crippen LogP contribution >= 0.6 is 23.2 Å². The number of amides is 1. The van der Waals surface area contributed by atoms with E-state index >= 15 is 0 Å². The van der Waals surface area contributed by atoms with Crippen molar-refractivity contribution in [1.29, 1.82) is 0 Å². The highest BCUT2D eigenvalue weighted by molar-refractivity contribution is 6.33. The standard InChI is InChI=1S/C17H22Cl2N2O2/c18-13-1-2-15(19)12(9-13)10-21-6-3-11(4-7-21)16-14(17(20)22)5-8-23-16/h1-2,9,11,14,16H,3-8,10H2,(H2,20,22)/t14-,16+/m0/s1. The van der Waals surface area contributed by atoms with Gasteiger partial charge in [0.2, 0.25) is 5.91 Å². The molecule has 0 saturated carbocycles. The first-order valence-electron chi connectivity index (χ1n) is 8.12. The second-order valence-corrected chi connectivity index (χ2v) is 7.33. The van der Waals surface area contributed by atoms with E-state index < -0.39 is 0 Å². The molecule has 1 aromatic rings. The molecule has 2 aliphatic rings. The van der Waals surface area contributed by atoms with Crippen LogP contribution < -0.4 is 5.73 Å². The summed E-state index contributed by atoms with van der Waals surface area (Å²) in [4.78, 5) is 13.9. The predicted molar refractivity (Wildman–Crippen MR) is 91.5 cm³/mol. The summed E-state index contributed by atoms with van der Waals surface area (Å²) in [7, 11) is 0. The molecule has 0 radical (unpaired) electrons. The quantitative estimate of drug-likeness (QED) is 0.901. The van der Waals surface area contributed by atoms with Crippen molar-refractivity contribution in [3.8, 4) is 0 Å². The third-order valence-corrected chi connectivity index (χ3v) is 5.60. The second-order valence-electron chi connectivity index (χ2n) is 6.48. The number of carbonyl (C=O) groups excluding carboxylic acids is 1. The molecule has 0 aliphatic carbocycles. The van der Waals surface area contributed by atoms with Crippen LogP contribution in [0.5, 0.6) is 0 Å². The summed E-state index contributed by atoms with van der Waals surface area (Å²) in [5.74, 6) is 0.0793. The number of hydrogen-bond donors (Lipinski definition) is 1. The molecule has 0 unspecified atom stereocenters. The molecule has 2 aliphatic heterocycles. The van der Waals surface area contributed by atoms with Gasteiger partial charge in [-0.3, -0.25) is 9.69 Å². The molecule has 1 amide bonds. The summed E-state index contributed by atoms with van der Waals surface area (Å²) in [6, 6.07) is 5.58. The van der Waals surface area contributed by atoms with Crippen molar-refractivity contribution < 1.29 is 9.53 Å². The molecule has 0 bridgehead atoms. The third-order valence-electron chi connectivity index (χ3n) is 5.00. The van der Waals surface area contributed by atoms with Crippen LogP contribution in [0.4, 0.5) is 0 Å². The number of benzene rings is 1. The molecule has 1 aromatic carbocycles. The number of nitrogens with two attached hydrogens (primary N) is 1. The lowest BCUT2D eigenvalue weighted by molar-refractivity contribution is -0.124. The Hall–Kier alpha value is -0.810. The van der Waals surface area contributed by atoms with Crippen LogP contribution in [-0.4, -0.2) is 36.6 Å². The number of hydrogen-bond acceptors (Lipinski definition) is 3. The van der Waals surface area contributed by atoms with Crippen LogP contribution in [0.1, 0.15) is 24.8 Å². The highest BCUT2D eigenvalue weighted by Crippen LogP contribution is 2.33. The van der Waals surface area contributed by atoms with Gasteiger partial charge in [0.05, 0.1) is 12.0 Å². The fourth-order valence-electron chi connectivity index (χ4n) is 3.73. The van der Waals surface area contributed by atoms with Gasteiger partial charge in [0.25, 0.3) is 0 Å². The second kappa shape index (κ2) is 7.39. The van der Waals surface area contributed by atoms with Crippen molar-refractivity contribution in [2.45, 2.75) is 31.9 Å². The van der Waals surface area contributed by atoms with Gasteiger partial charge >= 0.3 is 0 Å². The summed E-state index contributed by atoms with van der Waals surface area (Å²) in [5.41, 5.74) is 6.56. The summed E-state index contributed by atoms with van der Waals surface area (Å²) in [6.45, 7) is 3.39. The van der Waals surface area contributed by atoms with Crippen molar-refractivity contribution in [3.05, 3.63) is 33.8 Å². The Morgan fingerprint density at radius 3 is 2.70 bits per heavy atom. The van der Waals surface area contributed by atoms with E-state index in [1.807, 2.05) is 12.1 Å². The van der Waals surface area contributed by atoms with E-state index in [1.54, 1.807) is 6.07 Å². The average Bonchev–Trinajstić information content (AvgIpc) is 3.01. The van der Waals surface area contributed by atoms with Gasteiger partial charge in [0, 0.05) is 23.2 Å². The van der Waals surface area contributed by atoms with Gasteiger partial charge in [-0.2, -0.15) is 0 Å². The molecular formula is C17H22Cl2N2O2. The molecule has 2 atom stereocenters. The predicted octanol–water partition coefficient (Wildman–Crippen LogP) is 3.10. The Morgan fingerprint density at radius 2 is 2.00 bits per heavy atom. The fourth-order valence-corrected chi connectivity index (χ4v) is 4.10. The average molecular weight is 357 g/mol. The van der Waals surface area contributed by atoms with E-state index in [1.165, 1.54) is 0 Å². The lowest BCUT2D eigenvalue weighted by Crippen LogP contribution is -2.41. The molecule has 2 fully saturated rings. The normalized spacial score (nSPS) is 26.5. The smallest absolute Gasteiger partial charge is 0.223 e. The van der Waals surface area contributed by atoms with Crippen LogP contribution in [0.15, 0.2) is 18.2 Å². The number of primary amides is 1. The van der Waals surface area contributed by atoms with Gasteiger partial charge in [0.15, 0.2) is 0 Å². The van der Waals surface area contributed by atoms with Crippen LogP contribution in [-0.2, 0) is 16.1 Å². The van der Waals surface area contributed by atoms with Crippen molar-refractivity contribution in [1.82, 2.24) is 4.90 Å². The Morgan fingerprint density at radius 1 is 1.26 bits per heavy atom. The molecule has 3 rings (SSSR count). The van der Waals surface area contributed by atoms with E-state index in [4.69, 9.17) is 33.7 Å². The molecule has 6 heteroatoms. The highest BCUT2D eigenvalue weighted by atomic mass is 35.5. The van der Waals surface area contributed by atoms with E-state index in [2.05, 4.69) is 4.90 Å². The number of carbonyl (C=O) groups is 1. The third kappa shape index (κ3) is 4.00. The summed E-state index contributed by atoms with van der Waals surface area (Å²) >= 11 is 12.3. The maximum absolute atomic E-state index is 11.5. The number of likely N-dealkylation sites (tertiary alicyclic amines) is 1. The van der Waals surface area contributed by atoms with E-state index in [-0.39, 0.29) is 17.9 Å². The van der Waals surface area contributed by atoms with Gasteiger partial charge in [-0.15, -0.1) is 0 Å². The van der Waals surface area contributed by atoms with Gasteiger partial charge < -0.3 is 10.5 Å². The number of nitrogens with zero attached hydrogens (tertiary/aromatic N) is 1. The van der Waals surface area contributed by atoms with Gasteiger partial charge in [-0.25, -0.2) is 0 Å². The Kier molecular flexibility index (Phi) is 5.47. The largest absolute Gasteiger partial charge is 0.377 e. The van der Waals surface area contributed by atoms with E-state index in [0.29, 0.717) is 17.5 Å². The van der Waals surface area contributed by atoms with E-state index in [9.17, 15) is 4.79 Å². The van der Waals surface area contributed by atoms with Crippen molar-refractivity contribution >= 4 is 29.1 Å². The number of halogens is 2. The van der Waals surface area contributed by atoms with Crippen LogP contribution in [0.25, 0.3) is 0 Å². The zero-order valence-electron chi connectivity index (χ0n) is 13.0. The molecule has 23 heavy (non-hydrogen) atoms. The maximum atomic E-state index is 11.5. The minimum atomic E-state index is -0.222. The lowest BCUT2D eigenvalue weighted by Gasteiger charge is -2.35. The zero-order valence-corrected chi connectivity index (χ0v) is 14.5. The molecule has 2 N–H and O–H groups in total. The summed E-state index contributed by atoms with van der Waals surface area (Å²) < 4.78 is 5.80. The van der Waals surface area contributed by atoms with Crippen LogP contribution in [0.3, 0.4) is 0 Å². The van der Waals surface area contributed by atoms with Gasteiger partial charge in [-0.1, -0.05) is 23.2 Å². The Labute approximate surface area is 146 Å². The van der Waals surface area contributed by atoms with Crippen molar-refractivity contribution in [2.75, 3.05) is 19.7 Å². The first kappa shape index (κ1) is 17.0. The van der Waals surface area contributed by atoms with Crippen LogP contribution in [0.2, 0.25) is 10.0 Å². The van der Waals surface area contributed by atoms with E-state index in [0.717, 1.165) is 49.5 Å². The maximum Gasteiger partial charge on any atom is 0.223 e. The molecule has 0 spiro atoms. The summed E-state index contributed by atoms with van der Waals surface area (Å²) in [5, 5.41) is 1.47. The Balaban J connectivity index is 1.56. The molecule has 0 aromatic heterocycles. The number of rotatable bonds is 4. The number of ether oxygens (including phenoxy) is 1. The minimum Gasteiger partial charge on any atom is -0.377 e. The van der Waals surface area contributed by atoms with Crippen molar-refractivity contribution in [3.63, 3.8) is 0 Å². The topological polar surface area (TPSA) is 55.6 Å². The minimum absolute atomic E-state index is 0.00408. The zero-order chi connectivity index (χ0) is 16.4. The monoisotopic (exact) mass is 356 g/mol. The first-order valence-corrected chi connectivity index (χ1v) is 8.87.